The predicted molar refractivity (Wildman–Crippen MR) is 104 cm³/mol. The standard InChI is InChI=1S/C20H25N5O3/c1-3-24-17(21-22(2)20(24)28)15-8-6-11-23(13-15)18(26)19(27)25-12-10-14-7-4-5-9-16(14)25/h4-5,7,9,15H,3,6,8,10-13H2,1-2H3/t15-/m0/s1. The Labute approximate surface area is 163 Å². The monoisotopic (exact) mass is 383 g/mol. The summed E-state index contributed by atoms with van der Waals surface area (Å²) in [4.78, 5) is 41.2. The van der Waals surface area contributed by atoms with Crippen LogP contribution in [-0.4, -0.2) is 50.7 Å². The molecule has 3 heterocycles. The van der Waals surface area contributed by atoms with E-state index in [1.165, 1.54) is 4.68 Å². The van der Waals surface area contributed by atoms with Crippen LogP contribution in [0.3, 0.4) is 0 Å². The molecule has 0 spiro atoms. The maximum Gasteiger partial charge on any atom is 0.345 e. The number of hydrogen-bond donors (Lipinski definition) is 0. The first-order valence-corrected chi connectivity index (χ1v) is 9.83. The number of anilines is 1. The van der Waals surface area contributed by atoms with Gasteiger partial charge in [-0.15, -0.1) is 0 Å². The Morgan fingerprint density at radius 1 is 1.18 bits per heavy atom. The molecule has 1 aromatic carbocycles. The average molecular weight is 383 g/mol. The lowest BCUT2D eigenvalue weighted by atomic mass is 9.97. The van der Waals surface area contributed by atoms with E-state index in [1.807, 2.05) is 31.2 Å². The summed E-state index contributed by atoms with van der Waals surface area (Å²) in [6.07, 6.45) is 2.41. The zero-order valence-corrected chi connectivity index (χ0v) is 16.3. The summed E-state index contributed by atoms with van der Waals surface area (Å²) < 4.78 is 2.99. The summed E-state index contributed by atoms with van der Waals surface area (Å²) >= 11 is 0. The van der Waals surface area contributed by atoms with Crippen molar-refractivity contribution in [3.05, 3.63) is 46.1 Å². The van der Waals surface area contributed by atoms with Crippen LogP contribution in [0.1, 0.15) is 37.1 Å². The molecule has 8 nitrogen and oxygen atoms in total. The molecule has 0 unspecified atom stereocenters. The molecule has 0 saturated carbocycles. The van der Waals surface area contributed by atoms with Crippen molar-refractivity contribution in [1.82, 2.24) is 19.2 Å². The third kappa shape index (κ3) is 3.02. The van der Waals surface area contributed by atoms with Crippen molar-refractivity contribution < 1.29 is 9.59 Å². The minimum Gasteiger partial charge on any atom is -0.334 e. The predicted octanol–water partition coefficient (Wildman–Crippen LogP) is 0.897. The lowest BCUT2D eigenvalue weighted by Gasteiger charge is -2.32. The highest BCUT2D eigenvalue weighted by Crippen LogP contribution is 2.29. The first-order valence-electron chi connectivity index (χ1n) is 9.83. The van der Waals surface area contributed by atoms with E-state index in [1.54, 1.807) is 21.4 Å². The number of carbonyl (C=O) groups excluding carboxylic acids is 2. The Hall–Kier alpha value is -2.90. The molecule has 0 bridgehead atoms. The Bertz CT molecular complexity index is 976. The van der Waals surface area contributed by atoms with Gasteiger partial charge in [-0.2, -0.15) is 5.10 Å². The number of likely N-dealkylation sites (tertiary alicyclic amines) is 1. The third-order valence-electron chi connectivity index (χ3n) is 5.74. The number of benzene rings is 1. The van der Waals surface area contributed by atoms with Crippen molar-refractivity contribution in [2.75, 3.05) is 24.5 Å². The zero-order valence-electron chi connectivity index (χ0n) is 16.3. The van der Waals surface area contributed by atoms with Crippen molar-refractivity contribution in [3.63, 3.8) is 0 Å². The van der Waals surface area contributed by atoms with Gasteiger partial charge in [0.2, 0.25) is 0 Å². The van der Waals surface area contributed by atoms with E-state index in [9.17, 15) is 14.4 Å². The molecule has 1 fully saturated rings. The van der Waals surface area contributed by atoms with Crippen LogP contribution in [0.4, 0.5) is 5.69 Å². The van der Waals surface area contributed by atoms with E-state index in [2.05, 4.69) is 5.10 Å². The summed E-state index contributed by atoms with van der Waals surface area (Å²) in [6, 6.07) is 7.72. The normalized spacial score (nSPS) is 19.0. The molecule has 1 atom stereocenters. The van der Waals surface area contributed by atoms with Crippen molar-refractivity contribution in [1.29, 1.82) is 0 Å². The van der Waals surface area contributed by atoms with Gasteiger partial charge >= 0.3 is 17.5 Å². The Balaban J connectivity index is 1.52. The molecule has 1 saturated heterocycles. The maximum absolute atomic E-state index is 12.9. The number of aromatic nitrogens is 3. The molecule has 8 heteroatoms. The van der Waals surface area contributed by atoms with Gasteiger partial charge in [0.25, 0.3) is 0 Å². The van der Waals surface area contributed by atoms with E-state index >= 15 is 0 Å². The fourth-order valence-corrected chi connectivity index (χ4v) is 4.29. The number of aryl methyl sites for hydroxylation is 1. The number of nitrogens with zero attached hydrogens (tertiary/aromatic N) is 5. The fraction of sp³-hybridized carbons (Fsp3) is 0.500. The highest BCUT2D eigenvalue weighted by molar-refractivity contribution is 6.40. The molecule has 0 N–H and O–H groups in total. The maximum atomic E-state index is 12.9. The van der Waals surface area contributed by atoms with Crippen LogP contribution in [0.25, 0.3) is 0 Å². The molecular formula is C20H25N5O3. The number of para-hydroxylation sites is 1. The zero-order chi connectivity index (χ0) is 19.8. The van der Waals surface area contributed by atoms with Gasteiger partial charge in [0.1, 0.15) is 5.82 Å². The summed E-state index contributed by atoms with van der Waals surface area (Å²) in [5.41, 5.74) is 1.78. The first kappa shape index (κ1) is 18.5. The number of piperidine rings is 1. The molecule has 148 valence electrons. The topological polar surface area (TPSA) is 80.4 Å². The number of amides is 2. The van der Waals surface area contributed by atoms with E-state index in [-0.39, 0.29) is 11.6 Å². The molecular weight excluding hydrogens is 358 g/mol. The van der Waals surface area contributed by atoms with Gasteiger partial charge in [-0.3, -0.25) is 14.2 Å². The molecule has 2 aliphatic heterocycles. The van der Waals surface area contributed by atoms with Crippen LogP contribution in [-0.2, 0) is 29.6 Å². The summed E-state index contributed by atoms with van der Waals surface area (Å²) in [6.45, 7) is 3.95. The highest BCUT2D eigenvalue weighted by atomic mass is 16.2. The second kappa shape index (κ2) is 7.26. The second-order valence-corrected chi connectivity index (χ2v) is 7.43. The Kier molecular flexibility index (Phi) is 4.78. The smallest absolute Gasteiger partial charge is 0.334 e. The molecule has 1 aromatic heterocycles. The number of fused-ring (bicyclic) bond motifs is 1. The molecule has 2 amide bonds. The molecule has 4 rings (SSSR count). The van der Waals surface area contributed by atoms with Gasteiger partial charge in [-0.1, -0.05) is 18.2 Å². The van der Waals surface area contributed by atoms with Crippen LogP contribution >= 0.6 is 0 Å². The van der Waals surface area contributed by atoms with Crippen LogP contribution in [0.2, 0.25) is 0 Å². The van der Waals surface area contributed by atoms with Gasteiger partial charge < -0.3 is 9.80 Å². The summed E-state index contributed by atoms with van der Waals surface area (Å²) in [5.74, 6) is -0.279. The lowest BCUT2D eigenvalue weighted by Crippen LogP contribution is -2.48. The number of hydrogen-bond acceptors (Lipinski definition) is 4. The van der Waals surface area contributed by atoms with E-state index < -0.39 is 11.8 Å². The van der Waals surface area contributed by atoms with Crippen LogP contribution in [0.15, 0.2) is 29.1 Å². The van der Waals surface area contributed by atoms with E-state index in [4.69, 9.17) is 0 Å². The third-order valence-corrected chi connectivity index (χ3v) is 5.74. The Morgan fingerprint density at radius 2 is 1.96 bits per heavy atom. The van der Waals surface area contributed by atoms with Crippen molar-refractivity contribution >= 4 is 17.5 Å². The van der Waals surface area contributed by atoms with E-state index in [0.29, 0.717) is 32.0 Å². The lowest BCUT2D eigenvalue weighted by molar-refractivity contribution is -0.145. The van der Waals surface area contributed by atoms with Gasteiger partial charge in [0.05, 0.1) is 0 Å². The Morgan fingerprint density at radius 3 is 2.75 bits per heavy atom. The first-order chi connectivity index (χ1) is 13.5. The minimum absolute atomic E-state index is 0.0368. The second-order valence-electron chi connectivity index (χ2n) is 7.43. The largest absolute Gasteiger partial charge is 0.345 e. The quantitative estimate of drug-likeness (QED) is 0.722. The SMILES string of the molecule is CCn1c([C@H]2CCCN(C(=O)C(=O)N3CCc4ccccc43)C2)nn(C)c1=O. The van der Waals surface area contributed by atoms with Crippen LogP contribution in [0, 0.1) is 0 Å². The summed E-state index contributed by atoms with van der Waals surface area (Å²) in [5, 5.41) is 4.38. The summed E-state index contributed by atoms with van der Waals surface area (Å²) in [7, 11) is 1.64. The van der Waals surface area contributed by atoms with Gasteiger partial charge in [0.15, 0.2) is 0 Å². The van der Waals surface area contributed by atoms with Gasteiger partial charge in [-0.05, 0) is 37.8 Å². The highest BCUT2D eigenvalue weighted by Gasteiger charge is 2.35. The average Bonchev–Trinajstić information content (AvgIpc) is 3.28. The van der Waals surface area contributed by atoms with Crippen LogP contribution in [0.5, 0.6) is 0 Å². The molecule has 28 heavy (non-hydrogen) atoms. The molecule has 2 aliphatic rings. The van der Waals surface area contributed by atoms with Gasteiger partial charge in [0, 0.05) is 44.8 Å². The minimum atomic E-state index is -0.473. The molecule has 2 aromatic rings. The van der Waals surface area contributed by atoms with E-state index in [0.717, 1.165) is 30.5 Å². The molecule has 0 aliphatic carbocycles. The number of rotatable bonds is 2. The van der Waals surface area contributed by atoms with Crippen molar-refractivity contribution in [2.24, 2.45) is 7.05 Å². The number of carbonyl (C=O) groups is 2. The van der Waals surface area contributed by atoms with Gasteiger partial charge in [-0.25, -0.2) is 9.48 Å². The van der Waals surface area contributed by atoms with Crippen LogP contribution < -0.4 is 10.6 Å². The van der Waals surface area contributed by atoms with Crippen molar-refractivity contribution in [2.45, 2.75) is 38.6 Å². The fourth-order valence-electron chi connectivity index (χ4n) is 4.29. The molecule has 0 radical (unpaired) electrons. The van der Waals surface area contributed by atoms with Crippen molar-refractivity contribution in [3.8, 4) is 0 Å².